The van der Waals surface area contributed by atoms with Gasteiger partial charge in [-0.25, -0.2) is 0 Å². The standard InChI is InChI=1S/C30H48O4Si2/c1-8-35(9-2,10-3)34-25(22-28-29(23-31)32-28)21-24(4)33-36(30(5,6)7,26-17-13-11-14-18-26)27-19-15-12-16-20-27/h11-20,24-25,28-29,31H,8-10,21-23H2,1-7H3/t24-,25+,28+,29+/m1/s1. The third-order valence-corrected chi connectivity index (χ3v) is 18.0. The van der Waals surface area contributed by atoms with Crippen LogP contribution in [0.4, 0.5) is 0 Å². The van der Waals surface area contributed by atoms with Crippen LogP contribution in [0.25, 0.3) is 0 Å². The highest BCUT2D eigenvalue weighted by Gasteiger charge is 2.51. The molecule has 2 aromatic carbocycles. The minimum Gasteiger partial charge on any atom is -0.414 e. The zero-order valence-electron chi connectivity index (χ0n) is 23.5. The molecule has 1 aliphatic rings. The molecule has 0 amide bonds. The topological polar surface area (TPSA) is 51.2 Å². The molecule has 0 aliphatic carbocycles. The Bertz CT molecular complexity index is 864. The fraction of sp³-hybridized carbons (Fsp3) is 0.600. The van der Waals surface area contributed by atoms with Crippen molar-refractivity contribution in [2.45, 2.75) is 109 Å². The minimum atomic E-state index is -2.62. The Morgan fingerprint density at radius 2 is 1.33 bits per heavy atom. The Labute approximate surface area is 221 Å². The van der Waals surface area contributed by atoms with Gasteiger partial charge in [0.2, 0.25) is 0 Å². The molecule has 0 saturated carbocycles. The van der Waals surface area contributed by atoms with Crippen LogP contribution in [0.15, 0.2) is 60.7 Å². The van der Waals surface area contributed by atoms with Gasteiger partial charge in [-0.15, -0.1) is 0 Å². The summed E-state index contributed by atoms with van der Waals surface area (Å²) in [5.41, 5.74) is 0. The molecule has 0 bridgehead atoms. The van der Waals surface area contributed by atoms with Crippen molar-refractivity contribution in [2.24, 2.45) is 0 Å². The second-order valence-corrected chi connectivity index (χ2v) is 20.4. The Balaban J connectivity index is 1.93. The van der Waals surface area contributed by atoms with Crippen LogP contribution in [-0.2, 0) is 13.6 Å². The highest BCUT2D eigenvalue weighted by molar-refractivity contribution is 6.99. The Kier molecular flexibility index (Phi) is 10.2. The summed E-state index contributed by atoms with van der Waals surface area (Å²) in [5, 5.41) is 12.1. The van der Waals surface area contributed by atoms with Crippen LogP contribution in [0.2, 0.25) is 23.2 Å². The first-order valence-electron chi connectivity index (χ1n) is 13.9. The summed E-state index contributed by atoms with van der Waals surface area (Å²) < 4.78 is 20.1. The van der Waals surface area contributed by atoms with E-state index in [1.54, 1.807) is 0 Å². The van der Waals surface area contributed by atoms with Crippen LogP contribution in [-0.4, -0.2) is 52.8 Å². The smallest absolute Gasteiger partial charge is 0.261 e. The molecule has 1 heterocycles. The number of epoxide rings is 1. The molecule has 0 aromatic heterocycles. The number of aliphatic hydroxyl groups is 1. The summed E-state index contributed by atoms with van der Waals surface area (Å²) in [5.74, 6) is 0. The molecule has 36 heavy (non-hydrogen) atoms. The third-order valence-electron chi connectivity index (χ3n) is 8.10. The van der Waals surface area contributed by atoms with Crippen molar-refractivity contribution in [3.05, 3.63) is 60.7 Å². The van der Waals surface area contributed by atoms with Crippen molar-refractivity contribution in [3.63, 3.8) is 0 Å². The maximum atomic E-state index is 9.56. The van der Waals surface area contributed by atoms with Crippen molar-refractivity contribution >= 4 is 27.0 Å². The maximum Gasteiger partial charge on any atom is 0.261 e. The van der Waals surface area contributed by atoms with Crippen LogP contribution >= 0.6 is 0 Å². The molecule has 2 aromatic rings. The Morgan fingerprint density at radius 3 is 1.72 bits per heavy atom. The fourth-order valence-corrected chi connectivity index (χ4v) is 13.4. The first kappa shape index (κ1) is 29.3. The normalized spacial score (nSPS) is 20.2. The molecular formula is C30H48O4Si2. The van der Waals surface area contributed by atoms with Gasteiger partial charge in [0.15, 0.2) is 8.32 Å². The number of rotatable bonds is 14. The quantitative estimate of drug-likeness (QED) is 0.246. The molecule has 0 unspecified atom stereocenters. The Morgan fingerprint density at radius 1 is 0.833 bits per heavy atom. The van der Waals surface area contributed by atoms with Gasteiger partial charge in [-0.2, -0.15) is 0 Å². The van der Waals surface area contributed by atoms with Gasteiger partial charge < -0.3 is 18.7 Å². The van der Waals surface area contributed by atoms with E-state index in [4.69, 9.17) is 13.6 Å². The van der Waals surface area contributed by atoms with E-state index in [-0.39, 0.29) is 36.1 Å². The summed E-state index contributed by atoms with van der Waals surface area (Å²) >= 11 is 0. The summed E-state index contributed by atoms with van der Waals surface area (Å²) in [7, 11) is -4.43. The van der Waals surface area contributed by atoms with Gasteiger partial charge in [0.1, 0.15) is 6.10 Å². The van der Waals surface area contributed by atoms with Gasteiger partial charge in [0, 0.05) is 12.5 Å². The van der Waals surface area contributed by atoms with Gasteiger partial charge in [-0.05, 0) is 46.9 Å². The van der Waals surface area contributed by atoms with Crippen molar-refractivity contribution in [2.75, 3.05) is 6.61 Å². The van der Waals surface area contributed by atoms with E-state index in [9.17, 15) is 5.11 Å². The molecule has 1 saturated heterocycles. The molecule has 200 valence electrons. The number of ether oxygens (including phenoxy) is 1. The van der Waals surface area contributed by atoms with Crippen molar-refractivity contribution in [3.8, 4) is 0 Å². The molecule has 0 radical (unpaired) electrons. The average molecular weight is 529 g/mol. The molecule has 3 rings (SSSR count). The van der Waals surface area contributed by atoms with Crippen LogP contribution < -0.4 is 10.4 Å². The molecule has 0 spiro atoms. The van der Waals surface area contributed by atoms with E-state index in [0.29, 0.717) is 0 Å². The molecular weight excluding hydrogens is 480 g/mol. The second-order valence-electron chi connectivity index (χ2n) is 11.4. The van der Waals surface area contributed by atoms with Crippen LogP contribution in [0.3, 0.4) is 0 Å². The lowest BCUT2D eigenvalue weighted by Gasteiger charge is -2.45. The van der Waals surface area contributed by atoms with Gasteiger partial charge in [0.05, 0.1) is 18.8 Å². The number of hydrogen-bond acceptors (Lipinski definition) is 4. The highest BCUT2D eigenvalue weighted by atomic mass is 28.4. The van der Waals surface area contributed by atoms with E-state index in [1.165, 1.54) is 10.4 Å². The van der Waals surface area contributed by atoms with Crippen LogP contribution in [0.5, 0.6) is 0 Å². The van der Waals surface area contributed by atoms with E-state index in [2.05, 4.69) is 109 Å². The maximum absolute atomic E-state index is 9.56. The lowest BCUT2D eigenvalue weighted by Crippen LogP contribution is -2.67. The van der Waals surface area contributed by atoms with Crippen molar-refractivity contribution < 1.29 is 18.7 Å². The van der Waals surface area contributed by atoms with E-state index < -0.39 is 16.6 Å². The zero-order valence-corrected chi connectivity index (χ0v) is 25.5. The van der Waals surface area contributed by atoms with E-state index >= 15 is 0 Å². The molecule has 1 aliphatic heterocycles. The zero-order chi connectivity index (χ0) is 26.4. The summed E-state index contributed by atoms with van der Waals surface area (Å²) in [6, 6.07) is 25.1. The largest absolute Gasteiger partial charge is 0.414 e. The monoisotopic (exact) mass is 528 g/mol. The minimum absolute atomic E-state index is 0.0184. The van der Waals surface area contributed by atoms with Gasteiger partial charge in [0.25, 0.3) is 8.32 Å². The average Bonchev–Trinajstić information content (AvgIpc) is 3.64. The van der Waals surface area contributed by atoms with Crippen molar-refractivity contribution in [1.29, 1.82) is 0 Å². The van der Waals surface area contributed by atoms with Crippen LogP contribution in [0.1, 0.15) is 61.3 Å². The first-order valence-corrected chi connectivity index (χ1v) is 18.3. The highest BCUT2D eigenvalue weighted by Crippen LogP contribution is 2.39. The summed E-state index contributed by atoms with van der Waals surface area (Å²) in [4.78, 5) is 0. The number of hydrogen-bond donors (Lipinski definition) is 1. The van der Waals surface area contributed by atoms with Crippen molar-refractivity contribution in [1.82, 2.24) is 0 Å². The van der Waals surface area contributed by atoms with E-state index in [1.807, 2.05) is 0 Å². The SMILES string of the molecule is CC[Si](CC)(CC)O[C@@H](C[C@@H](C)O[Si](c1ccccc1)(c1ccccc1)C(C)(C)C)C[C@@H]1O[C@H]1CO. The molecule has 1 fully saturated rings. The second kappa shape index (κ2) is 12.5. The predicted molar refractivity (Wildman–Crippen MR) is 155 cm³/mol. The molecule has 6 heteroatoms. The molecule has 4 atom stereocenters. The first-order chi connectivity index (χ1) is 17.1. The van der Waals surface area contributed by atoms with Gasteiger partial charge in [-0.1, -0.05) is 102 Å². The van der Waals surface area contributed by atoms with Gasteiger partial charge >= 0.3 is 0 Å². The fourth-order valence-electron chi connectivity index (χ4n) is 5.76. The number of aliphatic hydroxyl groups excluding tert-OH is 1. The number of benzene rings is 2. The third kappa shape index (κ3) is 6.58. The molecule has 4 nitrogen and oxygen atoms in total. The lowest BCUT2D eigenvalue weighted by atomic mass is 10.1. The van der Waals surface area contributed by atoms with Gasteiger partial charge in [-0.3, -0.25) is 0 Å². The predicted octanol–water partition coefficient (Wildman–Crippen LogP) is 5.88. The Hall–Kier alpha value is -1.29. The summed E-state index contributed by atoms with van der Waals surface area (Å²) in [6.45, 7) is 16.1. The van der Waals surface area contributed by atoms with E-state index in [0.717, 1.165) is 31.0 Å². The van der Waals surface area contributed by atoms with Crippen LogP contribution in [0, 0.1) is 0 Å². The molecule has 1 N–H and O–H groups in total. The summed E-state index contributed by atoms with van der Waals surface area (Å²) in [6.07, 6.45) is 1.81. The lowest BCUT2D eigenvalue weighted by molar-refractivity contribution is 0.0947.